The molecule has 0 spiro atoms. The van der Waals surface area contributed by atoms with Crippen molar-refractivity contribution in [3.8, 4) is 22.5 Å². The van der Waals surface area contributed by atoms with Crippen LogP contribution in [0.25, 0.3) is 33.4 Å². The molecule has 7 heteroatoms. The van der Waals surface area contributed by atoms with Crippen LogP contribution in [0.15, 0.2) is 48.8 Å². The lowest BCUT2D eigenvalue weighted by molar-refractivity contribution is 0.447. The molecule has 4 nitrogen and oxygen atoms in total. The fraction of sp³-hybridized carbons (Fsp3) is 0.0952. The molecule has 28 heavy (non-hydrogen) atoms. The van der Waals surface area contributed by atoms with Gasteiger partial charge in [0.15, 0.2) is 23.3 Å². The zero-order chi connectivity index (χ0) is 19.8. The zero-order valence-corrected chi connectivity index (χ0v) is 15.1. The smallest absolute Gasteiger partial charge is 0.194 e. The van der Waals surface area contributed by atoms with Crippen molar-refractivity contribution < 1.29 is 13.2 Å². The number of benzene rings is 2. The van der Waals surface area contributed by atoms with Gasteiger partial charge >= 0.3 is 0 Å². The third kappa shape index (κ3) is 3.05. The number of pyridine rings is 1. The first-order chi connectivity index (χ1) is 13.5. The van der Waals surface area contributed by atoms with Crippen LogP contribution < -0.4 is 5.32 Å². The van der Waals surface area contributed by atoms with Gasteiger partial charge in [-0.15, -0.1) is 0 Å². The molecule has 0 bridgehead atoms. The lowest BCUT2D eigenvalue weighted by Crippen LogP contribution is -2.00. The Morgan fingerprint density at radius 1 is 0.929 bits per heavy atom. The fourth-order valence-corrected chi connectivity index (χ4v) is 3.12. The minimum absolute atomic E-state index is 0.245. The molecule has 4 rings (SSSR count). The van der Waals surface area contributed by atoms with Gasteiger partial charge in [0, 0.05) is 30.4 Å². The molecule has 2 heterocycles. The number of hydrogen-bond donors (Lipinski definition) is 1. The van der Waals surface area contributed by atoms with Crippen molar-refractivity contribution in [2.75, 3.05) is 12.4 Å². The Labute approximate surface area is 159 Å². The normalized spacial score (nSPS) is 11.0. The largest absolute Gasteiger partial charge is 0.373 e. The van der Waals surface area contributed by atoms with Crippen LogP contribution in [-0.4, -0.2) is 22.0 Å². The summed E-state index contributed by atoms with van der Waals surface area (Å²) in [6.45, 7) is 1.80. The van der Waals surface area contributed by atoms with Gasteiger partial charge in [-0.2, -0.15) is 0 Å². The van der Waals surface area contributed by atoms with E-state index in [9.17, 15) is 13.2 Å². The standard InChI is InChI=1S/C21H15F3N4/c1-11-6-18-15(9-14(11)13-7-16(22)19(24)17(23)8-13)21(25-2)28-20(27-18)12-4-3-5-26-10-12/h3-10H,1-2H3,(H,25,27,28). The van der Waals surface area contributed by atoms with Gasteiger partial charge in [0.25, 0.3) is 0 Å². The van der Waals surface area contributed by atoms with Gasteiger partial charge in [-0.3, -0.25) is 4.98 Å². The van der Waals surface area contributed by atoms with Crippen molar-refractivity contribution in [1.82, 2.24) is 15.0 Å². The molecule has 0 unspecified atom stereocenters. The Morgan fingerprint density at radius 3 is 2.32 bits per heavy atom. The Morgan fingerprint density at radius 2 is 1.68 bits per heavy atom. The van der Waals surface area contributed by atoms with Gasteiger partial charge < -0.3 is 5.32 Å². The summed E-state index contributed by atoms with van der Waals surface area (Å²) in [6.07, 6.45) is 3.34. The van der Waals surface area contributed by atoms with Crippen LogP contribution in [0.4, 0.5) is 19.0 Å². The summed E-state index contributed by atoms with van der Waals surface area (Å²) in [6, 6.07) is 9.18. The van der Waals surface area contributed by atoms with Crippen molar-refractivity contribution in [3.63, 3.8) is 0 Å². The summed E-state index contributed by atoms with van der Waals surface area (Å²) in [7, 11) is 1.73. The average Bonchev–Trinajstić information content (AvgIpc) is 2.70. The first-order valence-corrected chi connectivity index (χ1v) is 8.53. The van der Waals surface area contributed by atoms with Crippen molar-refractivity contribution in [2.24, 2.45) is 0 Å². The number of nitrogens with zero attached hydrogens (tertiary/aromatic N) is 3. The number of nitrogens with one attached hydrogen (secondary N) is 1. The fourth-order valence-electron chi connectivity index (χ4n) is 3.12. The third-order valence-electron chi connectivity index (χ3n) is 4.49. The molecular formula is C21H15F3N4. The summed E-state index contributed by atoms with van der Waals surface area (Å²) in [5, 5.41) is 3.71. The van der Waals surface area contributed by atoms with E-state index >= 15 is 0 Å². The van der Waals surface area contributed by atoms with Crippen molar-refractivity contribution >= 4 is 16.7 Å². The molecule has 0 fully saturated rings. The lowest BCUT2D eigenvalue weighted by Gasteiger charge is -2.13. The molecule has 0 aliphatic rings. The molecule has 2 aromatic carbocycles. The first-order valence-electron chi connectivity index (χ1n) is 8.53. The number of aryl methyl sites for hydroxylation is 1. The van der Waals surface area contributed by atoms with E-state index in [1.165, 1.54) is 0 Å². The summed E-state index contributed by atoms with van der Waals surface area (Å²) in [5.41, 5.74) is 3.00. The zero-order valence-electron chi connectivity index (χ0n) is 15.1. The van der Waals surface area contributed by atoms with Gasteiger partial charge in [-0.1, -0.05) is 0 Å². The number of halogens is 3. The maximum absolute atomic E-state index is 13.7. The molecule has 4 aromatic rings. The molecule has 0 radical (unpaired) electrons. The van der Waals surface area contributed by atoms with Gasteiger partial charge in [0.05, 0.1) is 5.52 Å². The van der Waals surface area contributed by atoms with Gasteiger partial charge in [0.1, 0.15) is 5.82 Å². The number of hydrogen-bond acceptors (Lipinski definition) is 4. The summed E-state index contributed by atoms with van der Waals surface area (Å²) < 4.78 is 40.7. The predicted molar refractivity (Wildman–Crippen MR) is 102 cm³/mol. The van der Waals surface area contributed by atoms with Crippen molar-refractivity contribution in [3.05, 3.63) is 71.8 Å². The first kappa shape index (κ1) is 17.9. The van der Waals surface area contributed by atoms with E-state index in [2.05, 4.69) is 20.3 Å². The second-order valence-electron chi connectivity index (χ2n) is 6.33. The number of fused-ring (bicyclic) bond motifs is 1. The monoisotopic (exact) mass is 380 g/mol. The van der Waals surface area contributed by atoms with Crippen LogP contribution in [0.1, 0.15) is 5.56 Å². The van der Waals surface area contributed by atoms with Crippen LogP contribution >= 0.6 is 0 Å². The number of aromatic nitrogens is 3. The molecule has 1 N–H and O–H groups in total. The summed E-state index contributed by atoms with van der Waals surface area (Å²) in [5.74, 6) is -2.87. The molecule has 2 aromatic heterocycles. The quantitative estimate of drug-likeness (QED) is 0.501. The summed E-state index contributed by atoms with van der Waals surface area (Å²) >= 11 is 0. The lowest BCUT2D eigenvalue weighted by atomic mass is 9.97. The Bertz CT molecular complexity index is 1170. The van der Waals surface area contributed by atoms with Crippen molar-refractivity contribution in [1.29, 1.82) is 0 Å². The minimum Gasteiger partial charge on any atom is -0.373 e. The van der Waals surface area contributed by atoms with Crippen LogP contribution in [0.2, 0.25) is 0 Å². The van der Waals surface area contributed by atoms with E-state index in [4.69, 9.17) is 0 Å². The molecule has 0 aliphatic heterocycles. The van der Waals surface area contributed by atoms with E-state index in [-0.39, 0.29) is 5.56 Å². The second-order valence-corrected chi connectivity index (χ2v) is 6.33. The Balaban J connectivity index is 1.94. The Kier molecular flexibility index (Phi) is 4.43. The van der Waals surface area contributed by atoms with E-state index in [0.29, 0.717) is 28.1 Å². The van der Waals surface area contributed by atoms with Crippen LogP contribution in [0, 0.1) is 24.4 Å². The SMILES string of the molecule is CNc1nc(-c2cccnc2)nc2cc(C)c(-c3cc(F)c(F)c(F)c3)cc12. The summed E-state index contributed by atoms with van der Waals surface area (Å²) in [4.78, 5) is 13.2. The van der Waals surface area contributed by atoms with Gasteiger partial charge in [-0.05, 0) is 60.0 Å². The van der Waals surface area contributed by atoms with E-state index in [1.54, 1.807) is 38.5 Å². The molecule has 0 saturated carbocycles. The highest BCUT2D eigenvalue weighted by molar-refractivity contribution is 5.95. The molecule has 0 amide bonds. The van der Waals surface area contributed by atoms with Crippen molar-refractivity contribution in [2.45, 2.75) is 6.92 Å². The van der Waals surface area contributed by atoms with Gasteiger partial charge in [-0.25, -0.2) is 23.1 Å². The number of rotatable bonds is 3. The van der Waals surface area contributed by atoms with Crippen LogP contribution in [0.3, 0.4) is 0 Å². The predicted octanol–water partition coefficient (Wildman–Crippen LogP) is 5.13. The van der Waals surface area contributed by atoms with E-state index < -0.39 is 17.5 Å². The second kappa shape index (κ2) is 6.92. The topological polar surface area (TPSA) is 50.7 Å². The molecule has 0 aliphatic carbocycles. The third-order valence-corrected chi connectivity index (χ3v) is 4.49. The molecule has 0 saturated heterocycles. The Hall–Kier alpha value is -3.48. The maximum atomic E-state index is 13.7. The molecule has 140 valence electrons. The highest BCUT2D eigenvalue weighted by Gasteiger charge is 2.16. The maximum Gasteiger partial charge on any atom is 0.194 e. The number of anilines is 1. The average molecular weight is 380 g/mol. The molecule has 0 atom stereocenters. The van der Waals surface area contributed by atoms with E-state index in [1.807, 2.05) is 12.1 Å². The van der Waals surface area contributed by atoms with E-state index in [0.717, 1.165) is 23.3 Å². The van der Waals surface area contributed by atoms with Crippen LogP contribution in [0.5, 0.6) is 0 Å². The van der Waals surface area contributed by atoms with Crippen LogP contribution in [-0.2, 0) is 0 Å². The minimum atomic E-state index is -1.48. The van der Waals surface area contributed by atoms with Gasteiger partial charge in [0.2, 0.25) is 0 Å². The highest BCUT2D eigenvalue weighted by Crippen LogP contribution is 2.33. The molecular weight excluding hydrogens is 365 g/mol. The highest BCUT2D eigenvalue weighted by atomic mass is 19.2.